The number of benzene rings is 1. The SMILES string of the molecule is COC(=O)N1CCN(CCNC(=O)Nc2ccc(C(F)(F)F)cc2)CC1. The maximum Gasteiger partial charge on any atom is 0.416 e. The lowest BCUT2D eigenvalue weighted by Crippen LogP contribution is -2.50. The van der Waals surface area contributed by atoms with Crippen molar-refractivity contribution in [3.8, 4) is 0 Å². The number of nitrogens with zero attached hydrogens (tertiary/aromatic N) is 2. The smallest absolute Gasteiger partial charge is 0.416 e. The molecule has 1 heterocycles. The van der Waals surface area contributed by atoms with Gasteiger partial charge in [0.25, 0.3) is 0 Å². The molecular weight excluding hydrogens is 353 g/mol. The first-order valence-corrected chi connectivity index (χ1v) is 8.07. The Morgan fingerprint density at radius 3 is 2.27 bits per heavy atom. The van der Waals surface area contributed by atoms with E-state index in [0.29, 0.717) is 39.3 Å². The number of carbonyl (C=O) groups is 2. The average Bonchev–Trinajstić information content (AvgIpc) is 2.61. The van der Waals surface area contributed by atoms with Crippen LogP contribution >= 0.6 is 0 Å². The molecule has 1 fully saturated rings. The monoisotopic (exact) mass is 374 g/mol. The lowest BCUT2D eigenvalue weighted by atomic mass is 10.2. The van der Waals surface area contributed by atoms with Gasteiger partial charge in [-0.3, -0.25) is 4.90 Å². The molecule has 0 radical (unpaired) electrons. The summed E-state index contributed by atoms with van der Waals surface area (Å²) < 4.78 is 42.1. The fourth-order valence-corrected chi connectivity index (χ4v) is 2.53. The minimum Gasteiger partial charge on any atom is -0.453 e. The number of nitrogens with one attached hydrogen (secondary N) is 2. The second-order valence-electron chi connectivity index (χ2n) is 5.75. The Bertz CT molecular complexity index is 614. The van der Waals surface area contributed by atoms with E-state index in [1.165, 1.54) is 19.2 Å². The zero-order valence-corrected chi connectivity index (χ0v) is 14.3. The van der Waals surface area contributed by atoms with Gasteiger partial charge in [0.05, 0.1) is 12.7 Å². The molecule has 0 unspecified atom stereocenters. The number of alkyl halides is 3. The van der Waals surface area contributed by atoms with E-state index in [9.17, 15) is 22.8 Å². The number of rotatable bonds is 4. The van der Waals surface area contributed by atoms with Crippen molar-refractivity contribution >= 4 is 17.8 Å². The van der Waals surface area contributed by atoms with Crippen molar-refractivity contribution in [1.29, 1.82) is 0 Å². The van der Waals surface area contributed by atoms with E-state index < -0.39 is 17.8 Å². The van der Waals surface area contributed by atoms with E-state index in [1.807, 2.05) is 0 Å². The van der Waals surface area contributed by atoms with Crippen LogP contribution in [0.25, 0.3) is 0 Å². The average molecular weight is 374 g/mol. The first-order chi connectivity index (χ1) is 12.3. The van der Waals surface area contributed by atoms with E-state index in [2.05, 4.69) is 20.3 Å². The predicted molar refractivity (Wildman–Crippen MR) is 88.9 cm³/mol. The topological polar surface area (TPSA) is 73.9 Å². The minimum atomic E-state index is -4.40. The highest BCUT2D eigenvalue weighted by molar-refractivity contribution is 5.89. The van der Waals surface area contributed by atoms with Crippen molar-refractivity contribution in [1.82, 2.24) is 15.1 Å². The summed E-state index contributed by atoms with van der Waals surface area (Å²) in [5, 5.41) is 5.13. The zero-order valence-electron chi connectivity index (χ0n) is 14.3. The van der Waals surface area contributed by atoms with E-state index in [0.717, 1.165) is 12.1 Å². The molecule has 0 aliphatic carbocycles. The normalized spacial score (nSPS) is 15.5. The Balaban J connectivity index is 1.67. The fraction of sp³-hybridized carbons (Fsp3) is 0.500. The second kappa shape index (κ2) is 8.75. The van der Waals surface area contributed by atoms with Crippen LogP contribution in [-0.4, -0.2) is 68.3 Å². The van der Waals surface area contributed by atoms with Crippen LogP contribution in [0, 0.1) is 0 Å². The van der Waals surface area contributed by atoms with Gasteiger partial charge in [0, 0.05) is 45.0 Å². The molecule has 0 saturated carbocycles. The Kier molecular flexibility index (Phi) is 6.67. The van der Waals surface area contributed by atoms with Gasteiger partial charge in [-0.05, 0) is 24.3 Å². The lowest BCUT2D eigenvalue weighted by molar-refractivity contribution is -0.137. The third kappa shape index (κ3) is 5.80. The third-order valence-corrected chi connectivity index (χ3v) is 3.99. The van der Waals surface area contributed by atoms with Gasteiger partial charge >= 0.3 is 18.3 Å². The number of amides is 3. The number of ether oxygens (including phenoxy) is 1. The summed E-state index contributed by atoms with van der Waals surface area (Å²) in [5.41, 5.74) is -0.489. The van der Waals surface area contributed by atoms with Crippen LogP contribution < -0.4 is 10.6 Å². The van der Waals surface area contributed by atoms with Gasteiger partial charge in [-0.25, -0.2) is 9.59 Å². The van der Waals surface area contributed by atoms with Gasteiger partial charge in [-0.2, -0.15) is 13.2 Å². The van der Waals surface area contributed by atoms with Gasteiger partial charge < -0.3 is 20.3 Å². The molecule has 2 rings (SSSR count). The molecule has 0 bridgehead atoms. The molecule has 1 aromatic rings. The van der Waals surface area contributed by atoms with Gasteiger partial charge in [0.15, 0.2) is 0 Å². The highest BCUT2D eigenvalue weighted by atomic mass is 19.4. The standard InChI is InChI=1S/C16H21F3N4O3/c1-26-15(25)23-10-8-22(9-11-23)7-6-20-14(24)21-13-4-2-12(3-5-13)16(17,18)19/h2-5H,6-11H2,1H3,(H2,20,21,24). The summed E-state index contributed by atoms with van der Waals surface area (Å²) in [7, 11) is 1.34. The molecule has 3 amide bonds. The lowest BCUT2D eigenvalue weighted by Gasteiger charge is -2.33. The molecule has 2 N–H and O–H groups in total. The van der Waals surface area contributed by atoms with E-state index in [4.69, 9.17) is 0 Å². The molecule has 1 aromatic carbocycles. The molecule has 10 heteroatoms. The van der Waals surface area contributed by atoms with Gasteiger partial charge in [-0.1, -0.05) is 0 Å². The van der Waals surface area contributed by atoms with E-state index in [1.54, 1.807) is 4.90 Å². The highest BCUT2D eigenvalue weighted by Gasteiger charge is 2.30. The number of hydrogen-bond acceptors (Lipinski definition) is 4. The zero-order chi connectivity index (χ0) is 19.2. The first-order valence-electron chi connectivity index (χ1n) is 8.07. The number of hydrogen-bond donors (Lipinski definition) is 2. The Morgan fingerprint density at radius 1 is 1.12 bits per heavy atom. The van der Waals surface area contributed by atoms with Crippen LogP contribution in [0.5, 0.6) is 0 Å². The number of methoxy groups -OCH3 is 1. The quantitative estimate of drug-likeness (QED) is 0.848. The first kappa shape index (κ1) is 19.8. The second-order valence-corrected chi connectivity index (χ2v) is 5.75. The number of carbonyl (C=O) groups excluding carboxylic acids is 2. The number of anilines is 1. The molecule has 7 nitrogen and oxygen atoms in total. The van der Waals surface area contributed by atoms with Crippen molar-refractivity contribution in [3.05, 3.63) is 29.8 Å². The fourth-order valence-electron chi connectivity index (χ4n) is 2.53. The third-order valence-electron chi connectivity index (χ3n) is 3.99. The van der Waals surface area contributed by atoms with Crippen LogP contribution in [0.4, 0.5) is 28.4 Å². The summed E-state index contributed by atoms with van der Waals surface area (Å²) in [5.74, 6) is 0. The highest BCUT2D eigenvalue weighted by Crippen LogP contribution is 2.29. The maximum absolute atomic E-state index is 12.5. The van der Waals surface area contributed by atoms with Crippen molar-refractivity contribution in [3.63, 3.8) is 0 Å². The molecule has 0 atom stereocenters. The molecule has 144 valence electrons. The summed E-state index contributed by atoms with van der Waals surface area (Å²) in [4.78, 5) is 26.9. The van der Waals surface area contributed by atoms with Crippen LogP contribution in [0.15, 0.2) is 24.3 Å². The van der Waals surface area contributed by atoms with Crippen molar-refractivity contribution in [2.75, 3.05) is 51.7 Å². The van der Waals surface area contributed by atoms with Gasteiger partial charge in [0.2, 0.25) is 0 Å². The predicted octanol–water partition coefficient (Wildman–Crippen LogP) is 2.21. The van der Waals surface area contributed by atoms with Gasteiger partial charge in [-0.15, -0.1) is 0 Å². The summed E-state index contributed by atoms with van der Waals surface area (Å²) in [6.45, 7) is 3.46. The minimum absolute atomic E-state index is 0.280. The summed E-state index contributed by atoms with van der Waals surface area (Å²) in [6.07, 6.45) is -4.75. The molecule has 1 aliphatic rings. The molecule has 1 saturated heterocycles. The van der Waals surface area contributed by atoms with Crippen molar-refractivity contribution < 1.29 is 27.5 Å². The molecule has 0 aromatic heterocycles. The van der Waals surface area contributed by atoms with Gasteiger partial charge in [0.1, 0.15) is 0 Å². The molecule has 1 aliphatic heterocycles. The van der Waals surface area contributed by atoms with Crippen LogP contribution in [0.2, 0.25) is 0 Å². The Hall–Kier alpha value is -2.49. The van der Waals surface area contributed by atoms with E-state index in [-0.39, 0.29) is 11.8 Å². The Morgan fingerprint density at radius 2 is 1.73 bits per heavy atom. The molecule has 0 spiro atoms. The van der Waals surface area contributed by atoms with Crippen LogP contribution in [0.3, 0.4) is 0 Å². The molecule has 26 heavy (non-hydrogen) atoms. The molecular formula is C16H21F3N4O3. The van der Waals surface area contributed by atoms with Crippen molar-refractivity contribution in [2.24, 2.45) is 0 Å². The number of halogens is 3. The van der Waals surface area contributed by atoms with Crippen LogP contribution in [-0.2, 0) is 10.9 Å². The number of piperazine rings is 1. The number of urea groups is 1. The van der Waals surface area contributed by atoms with E-state index >= 15 is 0 Å². The van der Waals surface area contributed by atoms with Crippen LogP contribution in [0.1, 0.15) is 5.56 Å². The summed E-state index contributed by atoms with van der Waals surface area (Å²) in [6, 6.07) is 3.74. The largest absolute Gasteiger partial charge is 0.453 e. The maximum atomic E-state index is 12.5. The summed E-state index contributed by atoms with van der Waals surface area (Å²) >= 11 is 0. The Labute approximate surface area is 149 Å². The van der Waals surface area contributed by atoms with Crippen molar-refractivity contribution in [2.45, 2.75) is 6.18 Å².